The zero-order valence-corrected chi connectivity index (χ0v) is 21.7. The van der Waals surface area contributed by atoms with Crippen molar-refractivity contribution in [2.24, 2.45) is 5.92 Å². The van der Waals surface area contributed by atoms with Crippen molar-refractivity contribution >= 4 is 22.1 Å². The Kier molecular flexibility index (Phi) is 6.28. The van der Waals surface area contributed by atoms with Crippen LogP contribution in [0.3, 0.4) is 0 Å². The van der Waals surface area contributed by atoms with Crippen molar-refractivity contribution in [1.29, 1.82) is 0 Å². The summed E-state index contributed by atoms with van der Waals surface area (Å²) < 4.78 is 28.8. The van der Waals surface area contributed by atoms with Crippen LogP contribution in [0, 0.1) is 17.6 Å². The Bertz CT molecular complexity index is 1820. The summed E-state index contributed by atoms with van der Waals surface area (Å²) in [5.74, 6) is 0.509. The van der Waals surface area contributed by atoms with Gasteiger partial charge in [-0.25, -0.2) is 18.7 Å². The van der Waals surface area contributed by atoms with Crippen molar-refractivity contribution in [1.82, 2.24) is 35.5 Å². The van der Waals surface area contributed by atoms with Crippen molar-refractivity contribution in [2.75, 3.05) is 6.54 Å². The van der Waals surface area contributed by atoms with E-state index in [4.69, 9.17) is 0 Å². The maximum atomic E-state index is 15.3. The van der Waals surface area contributed by atoms with Gasteiger partial charge >= 0.3 is 0 Å². The molecule has 0 saturated heterocycles. The van der Waals surface area contributed by atoms with E-state index >= 15 is 4.39 Å². The van der Waals surface area contributed by atoms with E-state index in [1.54, 1.807) is 24.5 Å². The molecule has 0 spiro atoms. The zero-order chi connectivity index (χ0) is 27.1. The maximum absolute atomic E-state index is 15.3. The lowest BCUT2D eigenvalue weighted by Crippen LogP contribution is -2.20. The first-order chi connectivity index (χ1) is 19.6. The molecular formula is C31H27F2N7. The van der Waals surface area contributed by atoms with Gasteiger partial charge in [0.2, 0.25) is 0 Å². The van der Waals surface area contributed by atoms with E-state index in [9.17, 15) is 4.39 Å². The van der Waals surface area contributed by atoms with E-state index in [1.807, 2.05) is 18.3 Å². The molecule has 1 fully saturated rings. The molecule has 0 radical (unpaired) electrons. The summed E-state index contributed by atoms with van der Waals surface area (Å²) in [6.07, 6.45) is 10.5. The number of pyridine rings is 2. The van der Waals surface area contributed by atoms with Gasteiger partial charge in [0.25, 0.3) is 0 Å². The minimum atomic E-state index is -0.430. The average Bonchev–Trinajstić information content (AvgIpc) is 3.73. The Labute approximate surface area is 229 Å². The number of nitrogens with zero attached hydrogens (tertiary/aromatic N) is 4. The highest BCUT2D eigenvalue weighted by molar-refractivity contribution is 5.97. The molecular weight excluding hydrogens is 508 g/mol. The summed E-state index contributed by atoms with van der Waals surface area (Å²) in [5, 5.41) is 11.3. The fourth-order valence-electron chi connectivity index (χ4n) is 5.70. The summed E-state index contributed by atoms with van der Waals surface area (Å²) in [6, 6.07) is 13.6. The Morgan fingerprint density at radius 1 is 0.925 bits per heavy atom. The molecule has 4 heterocycles. The predicted molar refractivity (Wildman–Crippen MR) is 151 cm³/mol. The molecule has 0 unspecified atom stereocenters. The Hall–Kier alpha value is -4.50. The van der Waals surface area contributed by atoms with Gasteiger partial charge in [-0.15, -0.1) is 0 Å². The SMILES string of the molecule is Fc1ccc(-c2ccnc3nc(-c4[nH]nc5c(F)cc(-c6cncc(CNCC7CCCC7)c6)cc45)[nH]c23)cc1. The van der Waals surface area contributed by atoms with Gasteiger partial charge in [-0.1, -0.05) is 25.0 Å². The Morgan fingerprint density at radius 3 is 2.62 bits per heavy atom. The molecule has 9 heteroatoms. The predicted octanol–water partition coefficient (Wildman–Crippen LogP) is 6.79. The van der Waals surface area contributed by atoms with Crippen LogP contribution in [-0.4, -0.2) is 36.7 Å². The van der Waals surface area contributed by atoms with Gasteiger partial charge in [0.1, 0.15) is 17.0 Å². The summed E-state index contributed by atoms with van der Waals surface area (Å²) in [4.78, 5) is 16.8. The highest BCUT2D eigenvalue weighted by Gasteiger charge is 2.19. The zero-order valence-electron chi connectivity index (χ0n) is 21.7. The van der Waals surface area contributed by atoms with Crippen LogP contribution < -0.4 is 5.32 Å². The van der Waals surface area contributed by atoms with Crippen LogP contribution in [0.2, 0.25) is 0 Å². The van der Waals surface area contributed by atoms with Crippen LogP contribution in [0.15, 0.2) is 67.1 Å². The van der Waals surface area contributed by atoms with E-state index < -0.39 is 5.82 Å². The molecule has 4 aromatic heterocycles. The molecule has 200 valence electrons. The van der Waals surface area contributed by atoms with Crippen LogP contribution in [0.5, 0.6) is 0 Å². The highest BCUT2D eigenvalue weighted by atomic mass is 19.1. The molecule has 0 aliphatic heterocycles. The highest BCUT2D eigenvalue weighted by Crippen LogP contribution is 2.34. The number of nitrogens with one attached hydrogen (secondary N) is 3. The number of aromatic nitrogens is 6. The quantitative estimate of drug-likeness (QED) is 0.209. The van der Waals surface area contributed by atoms with Gasteiger partial charge in [-0.3, -0.25) is 10.1 Å². The van der Waals surface area contributed by atoms with Crippen molar-refractivity contribution in [3.8, 4) is 33.8 Å². The lowest BCUT2D eigenvalue weighted by molar-refractivity contribution is 0.489. The van der Waals surface area contributed by atoms with E-state index in [0.29, 0.717) is 33.6 Å². The third kappa shape index (κ3) is 4.62. The molecule has 40 heavy (non-hydrogen) atoms. The first-order valence-electron chi connectivity index (χ1n) is 13.6. The number of hydrogen-bond acceptors (Lipinski definition) is 5. The standard InChI is InChI=1S/C31H27F2N7/c32-23-7-5-20(6-8-23)24-9-10-36-30-28(24)37-31(38-30)29-25-12-21(13-26(33)27(25)39-40-29)22-11-19(16-35-17-22)15-34-14-18-3-1-2-4-18/h5-13,16-18,34H,1-4,14-15H2,(H,39,40)(H,36,37,38). The maximum Gasteiger partial charge on any atom is 0.178 e. The number of fused-ring (bicyclic) bond motifs is 2. The second-order valence-electron chi connectivity index (χ2n) is 10.5. The topological polar surface area (TPSA) is 95.2 Å². The van der Waals surface area contributed by atoms with Crippen LogP contribution in [-0.2, 0) is 6.54 Å². The second-order valence-corrected chi connectivity index (χ2v) is 10.5. The summed E-state index contributed by atoms with van der Waals surface area (Å²) in [7, 11) is 0. The second kappa shape index (κ2) is 10.2. The first kappa shape index (κ1) is 24.5. The fourth-order valence-corrected chi connectivity index (χ4v) is 5.70. The summed E-state index contributed by atoms with van der Waals surface area (Å²) in [6.45, 7) is 1.74. The van der Waals surface area contributed by atoms with Gasteiger partial charge in [0.05, 0.1) is 5.52 Å². The molecule has 0 bridgehead atoms. The summed E-state index contributed by atoms with van der Waals surface area (Å²) in [5.41, 5.74) is 6.25. The van der Waals surface area contributed by atoms with Crippen LogP contribution >= 0.6 is 0 Å². The number of imidazole rings is 1. The lowest BCUT2D eigenvalue weighted by Gasteiger charge is -2.11. The minimum Gasteiger partial charge on any atom is -0.335 e. The van der Waals surface area contributed by atoms with E-state index in [0.717, 1.165) is 41.3 Å². The van der Waals surface area contributed by atoms with Gasteiger partial charge in [-0.2, -0.15) is 5.10 Å². The van der Waals surface area contributed by atoms with E-state index in [2.05, 4.69) is 41.5 Å². The van der Waals surface area contributed by atoms with Crippen LogP contribution in [0.25, 0.3) is 55.8 Å². The molecule has 0 atom stereocenters. The molecule has 3 N–H and O–H groups in total. The lowest BCUT2D eigenvalue weighted by atomic mass is 10.0. The molecule has 0 amide bonds. The first-order valence-corrected chi connectivity index (χ1v) is 13.6. The number of halogens is 2. The number of rotatable bonds is 7. The molecule has 7 rings (SSSR count). The van der Waals surface area contributed by atoms with Gasteiger partial charge < -0.3 is 10.3 Å². The molecule has 1 aliphatic carbocycles. The summed E-state index contributed by atoms with van der Waals surface area (Å²) >= 11 is 0. The average molecular weight is 536 g/mol. The molecule has 1 saturated carbocycles. The molecule has 6 aromatic rings. The Balaban J connectivity index is 1.23. The number of aromatic amines is 2. The van der Waals surface area contributed by atoms with E-state index in [1.165, 1.54) is 43.9 Å². The van der Waals surface area contributed by atoms with Crippen LogP contribution in [0.4, 0.5) is 8.78 Å². The number of benzene rings is 2. The molecule has 2 aromatic carbocycles. The van der Waals surface area contributed by atoms with Gasteiger partial charge in [-0.05, 0) is 78.4 Å². The minimum absolute atomic E-state index is 0.230. The van der Waals surface area contributed by atoms with Crippen molar-refractivity contribution < 1.29 is 8.78 Å². The molecule has 7 nitrogen and oxygen atoms in total. The fraction of sp³-hybridized carbons (Fsp3) is 0.226. The largest absolute Gasteiger partial charge is 0.335 e. The number of hydrogen-bond donors (Lipinski definition) is 3. The third-order valence-electron chi connectivity index (χ3n) is 7.76. The normalized spacial score (nSPS) is 14.1. The van der Waals surface area contributed by atoms with E-state index in [-0.39, 0.29) is 11.3 Å². The van der Waals surface area contributed by atoms with Gasteiger partial charge in [0.15, 0.2) is 17.3 Å². The molecule has 1 aliphatic rings. The van der Waals surface area contributed by atoms with Crippen molar-refractivity contribution in [3.63, 3.8) is 0 Å². The number of H-pyrrole nitrogens is 2. The monoisotopic (exact) mass is 535 g/mol. The Morgan fingerprint density at radius 2 is 1.77 bits per heavy atom. The smallest absolute Gasteiger partial charge is 0.178 e. The van der Waals surface area contributed by atoms with Gasteiger partial charge in [0, 0.05) is 41.6 Å². The third-order valence-corrected chi connectivity index (χ3v) is 7.76. The van der Waals surface area contributed by atoms with Crippen molar-refractivity contribution in [3.05, 3.63) is 84.3 Å². The van der Waals surface area contributed by atoms with Crippen LogP contribution in [0.1, 0.15) is 31.2 Å². The van der Waals surface area contributed by atoms with Crippen molar-refractivity contribution in [2.45, 2.75) is 32.2 Å².